The molecule has 0 aliphatic carbocycles. The largest absolute Gasteiger partial charge is 0.389 e. The van der Waals surface area contributed by atoms with Crippen LogP contribution in [-0.2, 0) is 0 Å². The second-order valence-corrected chi connectivity index (χ2v) is 4.25. The van der Waals surface area contributed by atoms with E-state index in [1.165, 1.54) is 19.1 Å². The van der Waals surface area contributed by atoms with Crippen LogP contribution >= 0.6 is 12.4 Å². The fraction of sp³-hybridized carbons (Fsp3) is 0.500. The zero-order valence-electron chi connectivity index (χ0n) is 10.1. The third-order valence-electron chi connectivity index (χ3n) is 2.95. The maximum atomic E-state index is 13.8. The SMILES string of the molecule is CC(O)c1cc(F)c(N2CCNCC2)c(F)c1.Cl. The monoisotopic (exact) mass is 278 g/mol. The molecule has 0 saturated carbocycles. The number of rotatable bonds is 2. The highest BCUT2D eigenvalue weighted by Crippen LogP contribution is 2.27. The number of nitrogens with zero attached hydrogens (tertiary/aromatic N) is 1. The van der Waals surface area contributed by atoms with Crippen LogP contribution in [0.3, 0.4) is 0 Å². The Morgan fingerprint density at radius 3 is 2.17 bits per heavy atom. The van der Waals surface area contributed by atoms with E-state index in [1.54, 1.807) is 4.90 Å². The highest BCUT2D eigenvalue weighted by molar-refractivity contribution is 5.85. The molecule has 1 aromatic rings. The van der Waals surface area contributed by atoms with Gasteiger partial charge < -0.3 is 15.3 Å². The van der Waals surface area contributed by atoms with E-state index < -0.39 is 17.7 Å². The number of hydrogen-bond donors (Lipinski definition) is 2. The second kappa shape index (κ2) is 6.31. The Bertz CT molecular complexity index is 386. The Hall–Kier alpha value is -0.910. The number of benzene rings is 1. The number of piperazine rings is 1. The zero-order valence-corrected chi connectivity index (χ0v) is 10.9. The van der Waals surface area contributed by atoms with Gasteiger partial charge in [-0.1, -0.05) is 0 Å². The highest BCUT2D eigenvalue weighted by Gasteiger charge is 2.20. The Morgan fingerprint density at radius 1 is 1.22 bits per heavy atom. The van der Waals surface area contributed by atoms with E-state index in [0.29, 0.717) is 13.1 Å². The Balaban J connectivity index is 0.00000162. The number of halogens is 3. The third kappa shape index (κ3) is 3.10. The van der Waals surface area contributed by atoms with Crippen LogP contribution in [0.25, 0.3) is 0 Å². The smallest absolute Gasteiger partial charge is 0.149 e. The number of anilines is 1. The number of nitrogens with one attached hydrogen (secondary N) is 1. The molecule has 0 amide bonds. The van der Waals surface area contributed by atoms with Gasteiger partial charge in [0.1, 0.15) is 17.3 Å². The topological polar surface area (TPSA) is 35.5 Å². The lowest BCUT2D eigenvalue weighted by Crippen LogP contribution is -2.44. The Morgan fingerprint density at radius 2 is 1.72 bits per heavy atom. The molecule has 2 N–H and O–H groups in total. The van der Waals surface area contributed by atoms with E-state index in [4.69, 9.17) is 0 Å². The minimum atomic E-state index is -0.865. The van der Waals surface area contributed by atoms with E-state index in [1.807, 2.05) is 0 Å². The summed E-state index contributed by atoms with van der Waals surface area (Å²) in [5.41, 5.74) is 0.273. The van der Waals surface area contributed by atoms with Gasteiger partial charge in [0.2, 0.25) is 0 Å². The molecule has 2 rings (SSSR count). The maximum Gasteiger partial charge on any atom is 0.149 e. The predicted octanol–water partition coefficient (Wildman–Crippen LogP) is 1.85. The number of aliphatic hydroxyl groups is 1. The summed E-state index contributed by atoms with van der Waals surface area (Å²) in [7, 11) is 0. The summed E-state index contributed by atoms with van der Waals surface area (Å²) < 4.78 is 27.7. The normalized spacial score (nSPS) is 17.2. The molecule has 3 nitrogen and oxygen atoms in total. The molecule has 18 heavy (non-hydrogen) atoms. The Kier molecular flexibility index (Phi) is 5.31. The van der Waals surface area contributed by atoms with Crippen LogP contribution in [0.15, 0.2) is 12.1 Å². The van der Waals surface area contributed by atoms with Crippen molar-refractivity contribution >= 4 is 18.1 Å². The summed E-state index contributed by atoms with van der Waals surface area (Å²) in [5.74, 6) is -1.22. The summed E-state index contributed by atoms with van der Waals surface area (Å²) in [6.45, 7) is 4.09. The molecule has 0 spiro atoms. The summed E-state index contributed by atoms with van der Waals surface area (Å²) >= 11 is 0. The van der Waals surface area contributed by atoms with Gasteiger partial charge in [-0.15, -0.1) is 12.4 Å². The molecule has 1 atom stereocenters. The molecule has 102 valence electrons. The molecule has 0 aromatic heterocycles. The second-order valence-electron chi connectivity index (χ2n) is 4.25. The van der Waals surface area contributed by atoms with Gasteiger partial charge in [0.15, 0.2) is 0 Å². The molecule has 1 fully saturated rings. The van der Waals surface area contributed by atoms with Crippen molar-refractivity contribution in [2.75, 3.05) is 31.1 Å². The van der Waals surface area contributed by atoms with Crippen molar-refractivity contribution in [1.29, 1.82) is 0 Å². The van der Waals surface area contributed by atoms with Crippen LogP contribution < -0.4 is 10.2 Å². The molecule has 1 unspecified atom stereocenters. The summed E-state index contributed by atoms with van der Waals surface area (Å²) in [6, 6.07) is 2.40. The van der Waals surface area contributed by atoms with Crippen molar-refractivity contribution < 1.29 is 13.9 Å². The molecule has 1 saturated heterocycles. The van der Waals surface area contributed by atoms with Crippen molar-refractivity contribution in [1.82, 2.24) is 5.32 Å². The van der Waals surface area contributed by atoms with E-state index in [2.05, 4.69) is 5.32 Å². The molecule has 1 aliphatic heterocycles. The van der Waals surface area contributed by atoms with Crippen LogP contribution in [0, 0.1) is 11.6 Å². The van der Waals surface area contributed by atoms with Crippen molar-refractivity contribution in [3.05, 3.63) is 29.3 Å². The van der Waals surface area contributed by atoms with Crippen molar-refractivity contribution in [2.45, 2.75) is 13.0 Å². The third-order valence-corrected chi connectivity index (χ3v) is 2.95. The molecule has 1 aromatic carbocycles. The first-order valence-electron chi connectivity index (χ1n) is 5.72. The van der Waals surface area contributed by atoms with Gasteiger partial charge in [-0.3, -0.25) is 0 Å². The van der Waals surface area contributed by atoms with E-state index >= 15 is 0 Å². The lowest BCUT2D eigenvalue weighted by molar-refractivity contribution is 0.198. The van der Waals surface area contributed by atoms with Gasteiger partial charge in [-0.2, -0.15) is 0 Å². The van der Waals surface area contributed by atoms with Gasteiger partial charge in [0.05, 0.1) is 6.10 Å². The van der Waals surface area contributed by atoms with Crippen LogP contribution in [0.2, 0.25) is 0 Å². The average Bonchev–Trinajstić information content (AvgIpc) is 2.29. The van der Waals surface area contributed by atoms with Crippen LogP contribution in [0.5, 0.6) is 0 Å². The first kappa shape index (κ1) is 15.1. The first-order chi connectivity index (χ1) is 8.09. The summed E-state index contributed by atoms with van der Waals surface area (Å²) in [5, 5.41) is 12.4. The zero-order chi connectivity index (χ0) is 12.4. The van der Waals surface area contributed by atoms with E-state index in [-0.39, 0.29) is 23.7 Å². The average molecular weight is 279 g/mol. The summed E-state index contributed by atoms with van der Waals surface area (Å²) in [6.07, 6.45) is -0.865. The molecule has 0 radical (unpaired) electrons. The molecular weight excluding hydrogens is 262 g/mol. The molecule has 1 heterocycles. The molecule has 0 bridgehead atoms. The van der Waals surface area contributed by atoms with Gasteiger partial charge in [-0.25, -0.2) is 8.78 Å². The molecule has 6 heteroatoms. The van der Waals surface area contributed by atoms with Crippen LogP contribution in [0.1, 0.15) is 18.6 Å². The number of aliphatic hydroxyl groups excluding tert-OH is 1. The minimum absolute atomic E-state index is 0. The summed E-state index contributed by atoms with van der Waals surface area (Å²) in [4.78, 5) is 1.69. The molecule has 1 aliphatic rings. The van der Waals surface area contributed by atoms with Gasteiger partial charge in [0, 0.05) is 26.2 Å². The van der Waals surface area contributed by atoms with Crippen molar-refractivity contribution in [2.24, 2.45) is 0 Å². The van der Waals surface area contributed by atoms with Crippen LogP contribution in [-0.4, -0.2) is 31.3 Å². The number of hydrogen-bond acceptors (Lipinski definition) is 3. The predicted molar refractivity (Wildman–Crippen MR) is 69.3 cm³/mol. The first-order valence-corrected chi connectivity index (χ1v) is 5.72. The minimum Gasteiger partial charge on any atom is -0.389 e. The maximum absolute atomic E-state index is 13.8. The lowest BCUT2D eigenvalue weighted by atomic mass is 10.1. The van der Waals surface area contributed by atoms with E-state index in [0.717, 1.165) is 13.1 Å². The van der Waals surface area contributed by atoms with Gasteiger partial charge >= 0.3 is 0 Å². The van der Waals surface area contributed by atoms with Crippen molar-refractivity contribution in [3.63, 3.8) is 0 Å². The molecular formula is C12H17ClF2N2O. The van der Waals surface area contributed by atoms with E-state index in [9.17, 15) is 13.9 Å². The Labute approximate surface area is 111 Å². The van der Waals surface area contributed by atoms with Crippen molar-refractivity contribution in [3.8, 4) is 0 Å². The van der Waals surface area contributed by atoms with Gasteiger partial charge in [-0.05, 0) is 24.6 Å². The van der Waals surface area contributed by atoms with Crippen LogP contribution in [0.4, 0.5) is 14.5 Å². The standard InChI is InChI=1S/C12H16F2N2O.ClH/c1-8(17)9-6-10(13)12(11(14)7-9)16-4-2-15-3-5-16;/h6-8,15,17H,2-5H2,1H3;1H. The van der Waals surface area contributed by atoms with Gasteiger partial charge in [0.25, 0.3) is 0 Å². The fourth-order valence-electron chi connectivity index (χ4n) is 2.02. The highest BCUT2D eigenvalue weighted by atomic mass is 35.5. The lowest BCUT2D eigenvalue weighted by Gasteiger charge is -2.30. The fourth-order valence-corrected chi connectivity index (χ4v) is 2.02. The quantitative estimate of drug-likeness (QED) is 0.867.